The van der Waals surface area contributed by atoms with Crippen LogP contribution in [0.25, 0.3) is 0 Å². The Labute approximate surface area is 229 Å². The van der Waals surface area contributed by atoms with Gasteiger partial charge in [-0.2, -0.15) is 0 Å². The number of likely N-dealkylation sites (tertiary alicyclic amines) is 1. The fraction of sp³-hybridized carbons (Fsp3) is 0.567. The molecule has 2 fully saturated rings. The van der Waals surface area contributed by atoms with Crippen molar-refractivity contribution in [1.82, 2.24) is 4.90 Å². The molecular formula is C30H38N2O5S. The third kappa shape index (κ3) is 4.30. The average Bonchev–Trinajstić information content (AvgIpc) is 3.22. The summed E-state index contributed by atoms with van der Waals surface area (Å²) in [5.74, 6) is -1.96. The van der Waals surface area contributed by atoms with E-state index in [9.17, 15) is 19.5 Å². The summed E-state index contributed by atoms with van der Waals surface area (Å²) in [5, 5.41) is 9.27. The van der Waals surface area contributed by atoms with Crippen LogP contribution in [0, 0.1) is 25.7 Å². The summed E-state index contributed by atoms with van der Waals surface area (Å²) in [4.78, 5) is 46.0. The molecule has 2 saturated heterocycles. The van der Waals surface area contributed by atoms with Crippen molar-refractivity contribution in [3.05, 3.63) is 53.6 Å². The van der Waals surface area contributed by atoms with E-state index in [1.54, 1.807) is 16.7 Å². The Bertz CT molecular complexity index is 1160. The van der Waals surface area contributed by atoms with Crippen LogP contribution in [0.1, 0.15) is 50.2 Å². The third-order valence-corrected chi connectivity index (χ3v) is 10.3. The number of esters is 1. The van der Waals surface area contributed by atoms with Crippen LogP contribution in [-0.4, -0.2) is 69.6 Å². The number of hydrogen-bond donors (Lipinski definition) is 1. The van der Waals surface area contributed by atoms with E-state index >= 15 is 0 Å². The van der Waals surface area contributed by atoms with E-state index in [4.69, 9.17) is 4.74 Å². The van der Waals surface area contributed by atoms with Crippen LogP contribution in [0.5, 0.6) is 0 Å². The van der Waals surface area contributed by atoms with Crippen molar-refractivity contribution in [2.45, 2.75) is 68.4 Å². The highest BCUT2D eigenvalue weighted by molar-refractivity contribution is 8.02. The molecule has 1 unspecified atom stereocenters. The summed E-state index contributed by atoms with van der Waals surface area (Å²) in [6.07, 6.45) is 11.9. The molecule has 2 amide bonds. The predicted molar refractivity (Wildman–Crippen MR) is 149 cm³/mol. The number of hydrogen-bond acceptors (Lipinski definition) is 6. The number of amides is 2. The molecule has 1 aromatic carbocycles. The van der Waals surface area contributed by atoms with Gasteiger partial charge in [0.1, 0.15) is 6.04 Å². The number of rotatable bonds is 6. The highest BCUT2D eigenvalue weighted by atomic mass is 32.2. The number of unbranched alkanes of at least 4 members (excludes halogenated alkanes) is 2. The normalized spacial score (nSPS) is 33.6. The lowest BCUT2D eigenvalue weighted by molar-refractivity contribution is -0.154. The van der Waals surface area contributed by atoms with E-state index in [1.165, 1.54) is 0 Å². The molecule has 5 rings (SSSR count). The number of fused-ring (bicyclic) bond motifs is 2. The summed E-state index contributed by atoms with van der Waals surface area (Å²) >= 11 is 1.58. The molecule has 0 saturated carbocycles. The maximum absolute atomic E-state index is 14.6. The summed E-state index contributed by atoms with van der Waals surface area (Å²) < 4.78 is 4.15. The molecule has 0 aromatic heterocycles. The van der Waals surface area contributed by atoms with Gasteiger partial charge in [-0.3, -0.25) is 14.4 Å². The molecule has 204 valence electrons. The third-order valence-electron chi connectivity index (χ3n) is 8.52. The minimum Gasteiger partial charge on any atom is -0.465 e. The average molecular weight is 539 g/mol. The molecule has 1 N–H and O–H groups in total. The smallest absolute Gasteiger partial charge is 0.311 e. The summed E-state index contributed by atoms with van der Waals surface area (Å²) in [7, 11) is 0. The van der Waals surface area contributed by atoms with Gasteiger partial charge < -0.3 is 19.6 Å². The minimum atomic E-state index is -0.877. The van der Waals surface area contributed by atoms with Crippen molar-refractivity contribution < 1.29 is 24.2 Å². The Morgan fingerprint density at radius 1 is 1.03 bits per heavy atom. The molecule has 38 heavy (non-hydrogen) atoms. The van der Waals surface area contributed by atoms with E-state index in [2.05, 4.69) is 18.2 Å². The van der Waals surface area contributed by atoms with Crippen molar-refractivity contribution in [3.8, 4) is 0 Å². The predicted octanol–water partition coefficient (Wildman–Crippen LogP) is 3.95. The van der Waals surface area contributed by atoms with Gasteiger partial charge in [0.2, 0.25) is 5.91 Å². The van der Waals surface area contributed by atoms with Crippen molar-refractivity contribution in [2.75, 3.05) is 31.2 Å². The Morgan fingerprint density at radius 3 is 2.53 bits per heavy atom. The largest absolute Gasteiger partial charge is 0.465 e. The number of cyclic esters (lactones) is 1. The van der Waals surface area contributed by atoms with Gasteiger partial charge in [-0.25, -0.2) is 0 Å². The molecule has 7 nitrogen and oxygen atoms in total. The molecule has 0 aliphatic carbocycles. The van der Waals surface area contributed by atoms with Crippen LogP contribution in [0.2, 0.25) is 0 Å². The second kappa shape index (κ2) is 10.5. The quantitative estimate of drug-likeness (QED) is 0.335. The Morgan fingerprint density at radius 2 is 1.79 bits per heavy atom. The number of para-hydroxylation sites is 1. The number of allylic oxidation sites excluding steroid dienone is 1. The minimum absolute atomic E-state index is 0.0976. The van der Waals surface area contributed by atoms with Crippen LogP contribution in [0.3, 0.4) is 0 Å². The van der Waals surface area contributed by atoms with Gasteiger partial charge in [-0.15, -0.1) is 11.8 Å². The standard InChI is InChI=1S/C30H38N2O5S/c1-20-12-10-13-21(2)24(20)31-17-11-15-30-22(23-28(36)37-19-9-4-6-14-29(23,3)38-30)26(34)32(25(30)27(31)35)16-7-5-8-18-33/h6,10-15,22-23,25,33H,4-5,7-9,16-19H2,1-3H3/b14-6-/t22-,23+,25?,29-,30-/m0/s1. The van der Waals surface area contributed by atoms with Crippen molar-refractivity contribution in [3.63, 3.8) is 0 Å². The van der Waals surface area contributed by atoms with Gasteiger partial charge >= 0.3 is 5.97 Å². The van der Waals surface area contributed by atoms with Gasteiger partial charge in [0.25, 0.3) is 5.91 Å². The van der Waals surface area contributed by atoms with Crippen LogP contribution in [-0.2, 0) is 19.1 Å². The zero-order valence-corrected chi connectivity index (χ0v) is 23.3. The molecule has 4 aliphatic rings. The fourth-order valence-corrected chi connectivity index (χ4v) is 9.03. The highest BCUT2D eigenvalue weighted by Crippen LogP contribution is 2.65. The highest BCUT2D eigenvalue weighted by Gasteiger charge is 2.73. The Hall–Kier alpha value is -2.58. The van der Waals surface area contributed by atoms with E-state index in [-0.39, 0.29) is 24.4 Å². The van der Waals surface area contributed by atoms with E-state index < -0.39 is 27.4 Å². The number of aliphatic hydroxyl groups excluding tert-OH is 1. The number of thioether (sulfide) groups is 1. The van der Waals surface area contributed by atoms with Crippen LogP contribution in [0.15, 0.2) is 42.5 Å². The monoisotopic (exact) mass is 538 g/mol. The lowest BCUT2D eigenvalue weighted by Crippen LogP contribution is -2.53. The zero-order chi connectivity index (χ0) is 27.1. The number of carbonyl (C=O) groups excluding carboxylic acids is 3. The van der Waals surface area contributed by atoms with Crippen molar-refractivity contribution in [2.24, 2.45) is 11.8 Å². The first-order valence-electron chi connectivity index (χ1n) is 13.8. The molecule has 0 bridgehead atoms. The van der Waals surface area contributed by atoms with E-state index in [0.717, 1.165) is 36.1 Å². The Balaban J connectivity index is 1.62. The molecule has 4 aliphatic heterocycles. The van der Waals surface area contributed by atoms with Gasteiger partial charge in [0, 0.05) is 30.1 Å². The SMILES string of the molecule is Cc1cccc(C)c1N1CC=C[C@]23S[C@@]4(C)/C=C\CCCOC(=O)[C@H]4[C@H]2C(=O)N(CCCCCO)C3C1=O. The maximum atomic E-state index is 14.6. The van der Waals surface area contributed by atoms with Crippen molar-refractivity contribution in [1.29, 1.82) is 0 Å². The molecule has 0 radical (unpaired) electrons. The maximum Gasteiger partial charge on any atom is 0.311 e. The fourth-order valence-electron chi connectivity index (χ4n) is 6.88. The first kappa shape index (κ1) is 27.0. The summed E-state index contributed by atoms with van der Waals surface area (Å²) in [6, 6.07) is 5.27. The number of carbonyl (C=O) groups is 3. The summed E-state index contributed by atoms with van der Waals surface area (Å²) in [5.41, 5.74) is 2.90. The van der Waals surface area contributed by atoms with Crippen LogP contribution in [0.4, 0.5) is 5.69 Å². The van der Waals surface area contributed by atoms with Crippen molar-refractivity contribution >= 4 is 35.2 Å². The number of aryl methyl sites for hydroxylation is 2. The second-order valence-electron chi connectivity index (χ2n) is 11.1. The van der Waals surface area contributed by atoms with Gasteiger partial charge in [-0.1, -0.05) is 42.5 Å². The molecule has 1 spiro atoms. The van der Waals surface area contributed by atoms with Crippen LogP contribution >= 0.6 is 11.8 Å². The lowest BCUT2D eigenvalue weighted by atomic mass is 9.74. The van der Waals surface area contributed by atoms with E-state index in [1.807, 2.05) is 49.9 Å². The molecule has 8 heteroatoms. The number of aliphatic hydroxyl groups is 1. The van der Waals surface area contributed by atoms with Gasteiger partial charge in [0.05, 0.1) is 23.2 Å². The second-order valence-corrected chi connectivity index (χ2v) is 12.9. The van der Waals surface area contributed by atoms with Gasteiger partial charge in [0.15, 0.2) is 0 Å². The Kier molecular flexibility index (Phi) is 7.48. The molecule has 4 heterocycles. The first-order valence-corrected chi connectivity index (χ1v) is 14.6. The molecular weight excluding hydrogens is 500 g/mol. The number of benzene rings is 1. The zero-order valence-electron chi connectivity index (χ0n) is 22.5. The molecule has 5 atom stereocenters. The van der Waals surface area contributed by atoms with Gasteiger partial charge in [-0.05, 0) is 64.0 Å². The number of anilines is 1. The van der Waals surface area contributed by atoms with Crippen LogP contribution < -0.4 is 4.90 Å². The molecule has 1 aromatic rings. The topological polar surface area (TPSA) is 87.2 Å². The van der Waals surface area contributed by atoms with E-state index in [0.29, 0.717) is 32.5 Å². The first-order chi connectivity index (χ1) is 18.2. The summed E-state index contributed by atoms with van der Waals surface area (Å²) in [6.45, 7) is 7.28. The number of ether oxygens (including phenoxy) is 1. The number of nitrogens with zero attached hydrogens (tertiary/aromatic N) is 2. The lowest BCUT2D eigenvalue weighted by Gasteiger charge is -2.37.